The minimum Gasteiger partial charge on any atom is -0.493 e. The number of ether oxygens (including phenoxy) is 2. The van der Waals surface area contributed by atoms with Crippen molar-refractivity contribution in [1.29, 1.82) is 0 Å². The maximum absolute atomic E-state index is 13.4. The lowest BCUT2D eigenvalue weighted by Gasteiger charge is -2.21. The van der Waals surface area contributed by atoms with Gasteiger partial charge in [0.2, 0.25) is 5.88 Å². The zero-order valence-corrected chi connectivity index (χ0v) is 25.3. The van der Waals surface area contributed by atoms with Gasteiger partial charge in [-0.2, -0.15) is 9.78 Å². The van der Waals surface area contributed by atoms with E-state index >= 15 is 0 Å². The topological polar surface area (TPSA) is 122 Å². The lowest BCUT2D eigenvalue weighted by Crippen LogP contribution is -2.29. The Kier molecular flexibility index (Phi) is 8.00. The molecule has 0 saturated carbocycles. The molecule has 0 aliphatic carbocycles. The fourth-order valence-electron chi connectivity index (χ4n) is 3.45. The Hall–Kier alpha value is -3.16. The molecule has 0 aliphatic heterocycles. The number of pyridine rings is 1. The van der Waals surface area contributed by atoms with E-state index < -0.39 is 10.3 Å². The number of aromatic nitrogens is 3. The largest absolute Gasteiger partial charge is 0.493 e. The number of methoxy groups -OCH3 is 1. The minimum atomic E-state index is -0.543. The first-order chi connectivity index (χ1) is 17.9. The molecule has 196 valence electrons. The van der Waals surface area contributed by atoms with Crippen LogP contribution in [0.4, 0.5) is 5.69 Å². The monoisotopic (exact) mass is 707 g/mol. The molecule has 0 radical (unpaired) electrons. The number of hydrogen-bond donors (Lipinski definition) is 0. The first-order valence-electron chi connectivity index (χ1n) is 11.0. The van der Waals surface area contributed by atoms with Gasteiger partial charge in [0.1, 0.15) is 12.0 Å². The van der Waals surface area contributed by atoms with Crippen molar-refractivity contribution in [2.24, 2.45) is 5.10 Å². The highest BCUT2D eigenvalue weighted by Crippen LogP contribution is 2.44. The van der Waals surface area contributed by atoms with E-state index in [4.69, 9.17) is 14.5 Å². The summed E-state index contributed by atoms with van der Waals surface area (Å²) < 4.78 is 14.5. The van der Waals surface area contributed by atoms with Crippen LogP contribution in [0.3, 0.4) is 0 Å². The normalized spacial score (nSPS) is 11.8. The molecule has 0 atom stereocenters. The van der Waals surface area contributed by atoms with Gasteiger partial charge < -0.3 is 9.47 Å². The predicted octanol–water partition coefficient (Wildman–Crippen LogP) is 6.97. The summed E-state index contributed by atoms with van der Waals surface area (Å²) in [5, 5.41) is 15.8. The van der Waals surface area contributed by atoms with Crippen LogP contribution in [0.1, 0.15) is 32.2 Å². The van der Waals surface area contributed by atoms with Crippen molar-refractivity contribution in [2.45, 2.75) is 26.2 Å². The van der Waals surface area contributed by atoms with Gasteiger partial charge in [-0.25, -0.2) is 9.97 Å². The van der Waals surface area contributed by atoms with Crippen LogP contribution in [-0.2, 0) is 5.41 Å². The Bertz CT molecular complexity index is 1650. The average Bonchev–Trinajstić information content (AvgIpc) is 2.87. The van der Waals surface area contributed by atoms with Crippen molar-refractivity contribution in [2.75, 3.05) is 7.11 Å². The summed E-state index contributed by atoms with van der Waals surface area (Å²) in [6, 6.07) is 9.70. The Morgan fingerprint density at radius 1 is 1.11 bits per heavy atom. The molecule has 4 aromatic rings. The third kappa shape index (κ3) is 5.64. The van der Waals surface area contributed by atoms with E-state index in [1.807, 2.05) is 26.8 Å². The highest BCUT2D eigenvalue weighted by molar-refractivity contribution is 9.13. The van der Waals surface area contributed by atoms with Crippen LogP contribution < -0.4 is 15.0 Å². The SMILES string of the molecule is COc1cc(C=Nn2c(C(C)(C)C)nc3ccc(Br)cc3c2=O)c(Br)c(Br)c1Oc1ccc([N+](=O)[O-])cn1. The first kappa shape index (κ1) is 27.9. The summed E-state index contributed by atoms with van der Waals surface area (Å²) in [5.74, 6) is 1.27. The second-order valence-electron chi connectivity index (χ2n) is 9.05. The van der Waals surface area contributed by atoms with Crippen LogP contribution in [0.15, 0.2) is 65.9 Å². The van der Waals surface area contributed by atoms with Crippen molar-refractivity contribution >= 4 is 70.6 Å². The van der Waals surface area contributed by atoms with Crippen LogP contribution in [0.5, 0.6) is 17.4 Å². The Balaban J connectivity index is 1.79. The molecule has 0 unspecified atom stereocenters. The molecular formula is C25H20Br3N5O5. The molecule has 13 heteroatoms. The van der Waals surface area contributed by atoms with Gasteiger partial charge in [0.25, 0.3) is 11.2 Å². The summed E-state index contributed by atoms with van der Waals surface area (Å²) in [5.41, 5.74) is 0.239. The van der Waals surface area contributed by atoms with Gasteiger partial charge in [-0.15, -0.1) is 0 Å². The number of halogens is 3. The van der Waals surface area contributed by atoms with Gasteiger partial charge in [-0.3, -0.25) is 14.9 Å². The quantitative estimate of drug-likeness (QED) is 0.120. The van der Waals surface area contributed by atoms with Crippen molar-refractivity contribution in [3.63, 3.8) is 0 Å². The highest BCUT2D eigenvalue weighted by Gasteiger charge is 2.23. The standard InChI is InChI=1S/C25H20Br3N5O5/c1-25(2,3)24-31-17-7-5-14(26)10-16(17)23(34)32(24)30-11-13-9-18(37-4)22(21(28)20(13)27)38-19-8-6-15(12-29-19)33(35)36/h5-12H,1-4H3. The van der Waals surface area contributed by atoms with E-state index in [9.17, 15) is 14.9 Å². The summed E-state index contributed by atoms with van der Waals surface area (Å²) in [6.45, 7) is 5.87. The first-order valence-corrected chi connectivity index (χ1v) is 13.4. The molecule has 0 bridgehead atoms. The molecule has 0 fully saturated rings. The zero-order chi connectivity index (χ0) is 27.8. The second-order valence-corrected chi connectivity index (χ2v) is 11.5. The maximum atomic E-state index is 13.4. The van der Waals surface area contributed by atoms with Crippen molar-refractivity contribution in [3.05, 3.63) is 87.9 Å². The molecule has 38 heavy (non-hydrogen) atoms. The molecule has 2 aromatic heterocycles. The third-order valence-electron chi connectivity index (χ3n) is 5.31. The molecule has 0 aliphatic rings. The lowest BCUT2D eigenvalue weighted by molar-refractivity contribution is -0.385. The van der Waals surface area contributed by atoms with Crippen LogP contribution in [0.2, 0.25) is 0 Å². The average molecular weight is 710 g/mol. The number of rotatable bonds is 6. The van der Waals surface area contributed by atoms with Crippen LogP contribution in [0, 0.1) is 10.1 Å². The fourth-order valence-corrected chi connectivity index (χ4v) is 4.72. The maximum Gasteiger partial charge on any atom is 0.287 e. The van der Waals surface area contributed by atoms with Crippen molar-refractivity contribution < 1.29 is 14.4 Å². The molecule has 4 rings (SSSR count). The van der Waals surface area contributed by atoms with Gasteiger partial charge in [0.05, 0.1) is 33.6 Å². The van der Waals surface area contributed by atoms with E-state index in [2.05, 4.69) is 57.9 Å². The van der Waals surface area contributed by atoms with E-state index in [1.54, 1.807) is 18.2 Å². The molecule has 0 N–H and O–H groups in total. The number of nitrogens with zero attached hydrogens (tertiary/aromatic N) is 5. The lowest BCUT2D eigenvalue weighted by atomic mass is 9.95. The van der Waals surface area contributed by atoms with Crippen molar-refractivity contribution in [3.8, 4) is 17.4 Å². The van der Waals surface area contributed by atoms with Gasteiger partial charge in [0, 0.05) is 32.1 Å². The highest BCUT2D eigenvalue weighted by atomic mass is 79.9. The predicted molar refractivity (Wildman–Crippen MR) is 155 cm³/mol. The molecule has 0 spiro atoms. The van der Waals surface area contributed by atoms with E-state index in [0.717, 1.165) is 10.7 Å². The smallest absolute Gasteiger partial charge is 0.287 e. The van der Waals surface area contributed by atoms with Crippen LogP contribution in [-0.4, -0.2) is 32.9 Å². The molecule has 0 saturated heterocycles. The molecule has 0 amide bonds. The summed E-state index contributed by atoms with van der Waals surface area (Å²) in [6.07, 6.45) is 2.62. The second kappa shape index (κ2) is 10.9. The number of hydrogen-bond acceptors (Lipinski definition) is 8. The van der Waals surface area contributed by atoms with Gasteiger partial charge in [0.15, 0.2) is 11.5 Å². The van der Waals surface area contributed by atoms with Gasteiger partial charge in [-0.1, -0.05) is 36.7 Å². The van der Waals surface area contributed by atoms with Crippen LogP contribution >= 0.6 is 47.8 Å². The fraction of sp³-hybridized carbons (Fsp3) is 0.200. The van der Waals surface area contributed by atoms with E-state index in [-0.39, 0.29) is 17.1 Å². The van der Waals surface area contributed by atoms with Gasteiger partial charge in [-0.05, 0) is 56.1 Å². The Morgan fingerprint density at radius 2 is 1.84 bits per heavy atom. The van der Waals surface area contributed by atoms with Gasteiger partial charge >= 0.3 is 0 Å². The summed E-state index contributed by atoms with van der Waals surface area (Å²) >= 11 is 10.5. The van der Waals surface area contributed by atoms with Crippen molar-refractivity contribution in [1.82, 2.24) is 14.6 Å². The minimum absolute atomic E-state index is 0.137. The zero-order valence-electron chi connectivity index (χ0n) is 20.5. The number of benzene rings is 2. The number of nitro groups is 1. The van der Waals surface area contributed by atoms with E-state index in [0.29, 0.717) is 42.7 Å². The third-order valence-corrected chi connectivity index (χ3v) is 7.94. The summed E-state index contributed by atoms with van der Waals surface area (Å²) in [4.78, 5) is 32.5. The molecule has 2 heterocycles. The number of fused-ring (bicyclic) bond motifs is 1. The Morgan fingerprint density at radius 3 is 2.45 bits per heavy atom. The molecule has 10 nitrogen and oxygen atoms in total. The molecular weight excluding hydrogens is 690 g/mol. The molecule has 2 aromatic carbocycles. The summed E-state index contributed by atoms with van der Waals surface area (Å²) in [7, 11) is 1.47. The Labute approximate surface area is 242 Å². The van der Waals surface area contributed by atoms with E-state index in [1.165, 1.54) is 30.1 Å². The van der Waals surface area contributed by atoms with Crippen LogP contribution in [0.25, 0.3) is 10.9 Å².